The molecule has 1 aromatic heterocycles. The van der Waals surface area contributed by atoms with Gasteiger partial charge in [-0.25, -0.2) is 9.59 Å². The number of halogens is 2. The number of alkyl halides is 1. The minimum Gasteiger partial charge on any atom is -0.497 e. The third kappa shape index (κ3) is 3.78. The van der Waals surface area contributed by atoms with E-state index in [4.69, 9.17) is 37.1 Å². The van der Waals surface area contributed by atoms with Gasteiger partial charge < -0.3 is 13.9 Å². The van der Waals surface area contributed by atoms with Gasteiger partial charge in [0, 0.05) is 22.4 Å². The van der Waals surface area contributed by atoms with E-state index in [0.29, 0.717) is 27.6 Å². The van der Waals surface area contributed by atoms with Crippen molar-refractivity contribution >= 4 is 40.1 Å². The SMILES string of the molecule is COc1cc(Cl)cc(OC(=O)c2cc3cc(CCl)ccc3oc2=O)c1. The van der Waals surface area contributed by atoms with Gasteiger partial charge in [0.25, 0.3) is 0 Å². The highest BCUT2D eigenvalue weighted by Gasteiger charge is 2.17. The minimum atomic E-state index is -0.851. The number of esters is 1. The number of methoxy groups -OCH3 is 1. The third-order valence-electron chi connectivity index (χ3n) is 3.46. The van der Waals surface area contributed by atoms with Crippen LogP contribution in [-0.4, -0.2) is 13.1 Å². The Morgan fingerprint density at radius 2 is 1.88 bits per heavy atom. The Kier molecular flexibility index (Phi) is 4.97. The quantitative estimate of drug-likeness (QED) is 0.291. The second kappa shape index (κ2) is 7.17. The van der Waals surface area contributed by atoms with Crippen molar-refractivity contribution in [3.63, 3.8) is 0 Å². The zero-order chi connectivity index (χ0) is 18.0. The van der Waals surface area contributed by atoms with Gasteiger partial charge in [-0.2, -0.15) is 0 Å². The Morgan fingerprint density at radius 1 is 1.12 bits per heavy atom. The van der Waals surface area contributed by atoms with Crippen LogP contribution in [0.1, 0.15) is 15.9 Å². The average Bonchev–Trinajstić information content (AvgIpc) is 2.60. The predicted molar refractivity (Wildman–Crippen MR) is 95.0 cm³/mol. The van der Waals surface area contributed by atoms with Gasteiger partial charge in [-0.15, -0.1) is 11.6 Å². The number of hydrogen-bond donors (Lipinski definition) is 0. The zero-order valence-electron chi connectivity index (χ0n) is 13.0. The van der Waals surface area contributed by atoms with Crippen molar-refractivity contribution in [3.8, 4) is 11.5 Å². The van der Waals surface area contributed by atoms with Gasteiger partial charge in [0.15, 0.2) is 0 Å². The molecule has 0 spiro atoms. The standard InChI is InChI=1S/C18H12Cl2O5/c1-23-13-6-12(20)7-14(8-13)24-17(21)15-5-11-4-10(9-19)2-3-16(11)25-18(15)22/h2-8H,9H2,1H3. The Bertz CT molecular complexity index is 1010. The van der Waals surface area contributed by atoms with E-state index in [0.717, 1.165) is 5.56 Å². The number of benzene rings is 2. The molecule has 0 saturated carbocycles. The lowest BCUT2D eigenvalue weighted by molar-refractivity contribution is 0.0730. The summed E-state index contributed by atoms with van der Waals surface area (Å²) >= 11 is 11.7. The van der Waals surface area contributed by atoms with Gasteiger partial charge in [0.1, 0.15) is 22.6 Å². The first-order valence-electron chi connectivity index (χ1n) is 7.19. The molecule has 5 nitrogen and oxygen atoms in total. The van der Waals surface area contributed by atoms with Crippen LogP contribution in [0.4, 0.5) is 0 Å². The van der Waals surface area contributed by atoms with Crippen LogP contribution in [-0.2, 0) is 5.88 Å². The fourth-order valence-corrected chi connectivity index (χ4v) is 2.66. The van der Waals surface area contributed by atoms with Gasteiger partial charge in [-0.1, -0.05) is 17.7 Å². The minimum absolute atomic E-state index is 0.156. The maximum Gasteiger partial charge on any atom is 0.351 e. The van der Waals surface area contributed by atoms with Crippen LogP contribution in [0.3, 0.4) is 0 Å². The van der Waals surface area contributed by atoms with Crippen LogP contribution in [0.15, 0.2) is 51.7 Å². The molecule has 0 fully saturated rings. The Morgan fingerprint density at radius 3 is 2.60 bits per heavy atom. The molecule has 1 heterocycles. The second-order valence-corrected chi connectivity index (χ2v) is 5.87. The van der Waals surface area contributed by atoms with Crippen molar-refractivity contribution in [2.75, 3.05) is 7.11 Å². The molecule has 0 aliphatic heterocycles. The molecule has 128 valence electrons. The number of fused-ring (bicyclic) bond motifs is 1. The second-order valence-electron chi connectivity index (χ2n) is 5.17. The highest BCUT2D eigenvalue weighted by atomic mass is 35.5. The lowest BCUT2D eigenvalue weighted by Gasteiger charge is -2.07. The molecule has 0 bridgehead atoms. The largest absolute Gasteiger partial charge is 0.497 e. The molecule has 7 heteroatoms. The molecule has 3 rings (SSSR count). The molecule has 0 saturated heterocycles. The number of carbonyl (C=O) groups excluding carboxylic acids is 1. The molecule has 0 atom stereocenters. The highest BCUT2D eigenvalue weighted by Crippen LogP contribution is 2.26. The number of ether oxygens (including phenoxy) is 2. The van der Waals surface area contributed by atoms with E-state index >= 15 is 0 Å². The van der Waals surface area contributed by atoms with Crippen LogP contribution >= 0.6 is 23.2 Å². The van der Waals surface area contributed by atoms with Crippen LogP contribution in [0.25, 0.3) is 11.0 Å². The summed E-state index contributed by atoms with van der Waals surface area (Å²) in [5.41, 5.74) is 0.185. The maximum absolute atomic E-state index is 12.4. The number of carbonyl (C=O) groups is 1. The summed E-state index contributed by atoms with van der Waals surface area (Å²) in [6.45, 7) is 0. The molecule has 3 aromatic rings. The fraction of sp³-hybridized carbons (Fsp3) is 0.111. The van der Waals surface area contributed by atoms with Crippen LogP contribution in [0.2, 0.25) is 5.02 Å². The predicted octanol–water partition coefficient (Wildman–Crippen LogP) is 4.41. The van der Waals surface area contributed by atoms with Crippen LogP contribution in [0, 0.1) is 0 Å². The first-order valence-corrected chi connectivity index (χ1v) is 8.11. The summed E-state index contributed by atoms with van der Waals surface area (Å²) in [4.78, 5) is 24.4. The smallest absolute Gasteiger partial charge is 0.351 e. The van der Waals surface area contributed by atoms with Crippen LogP contribution in [0.5, 0.6) is 11.5 Å². The van der Waals surface area contributed by atoms with Gasteiger partial charge in [0.2, 0.25) is 0 Å². The van der Waals surface area contributed by atoms with Gasteiger partial charge in [-0.05, 0) is 35.9 Å². The van der Waals surface area contributed by atoms with Crippen molar-refractivity contribution in [3.05, 3.63) is 69.0 Å². The van der Waals surface area contributed by atoms with E-state index in [2.05, 4.69) is 0 Å². The van der Waals surface area contributed by atoms with E-state index in [1.807, 2.05) is 0 Å². The molecule has 25 heavy (non-hydrogen) atoms. The van der Waals surface area contributed by atoms with E-state index < -0.39 is 11.6 Å². The average molecular weight is 379 g/mol. The summed E-state index contributed by atoms with van der Waals surface area (Å²) < 4.78 is 15.5. The van der Waals surface area contributed by atoms with Crippen molar-refractivity contribution in [2.45, 2.75) is 5.88 Å². The normalized spacial score (nSPS) is 10.7. The maximum atomic E-state index is 12.4. The number of rotatable bonds is 4. The monoisotopic (exact) mass is 378 g/mol. The van der Waals surface area contributed by atoms with Gasteiger partial charge in [0.05, 0.1) is 7.11 Å². The molecule has 0 amide bonds. The topological polar surface area (TPSA) is 65.7 Å². The molecule has 0 aliphatic carbocycles. The molecular weight excluding hydrogens is 367 g/mol. The van der Waals surface area contributed by atoms with Gasteiger partial charge in [-0.3, -0.25) is 0 Å². The molecular formula is C18H12Cl2O5. The molecule has 0 unspecified atom stereocenters. The summed E-state index contributed by atoms with van der Waals surface area (Å²) in [5.74, 6) is 0.0316. The van der Waals surface area contributed by atoms with Crippen molar-refractivity contribution in [2.24, 2.45) is 0 Å². The fourth-order valence-electron chi connectivity index (χ4n) is 2.27. The van der Waals surface area contributed by atoms with Crippen molar-refractivity contribution in [1.29, 1.82) is 0 Å². The van der Waals surface area contributed by atoms with Gasteiger partial charge >= 0.3 is 11.6 Å². The van der Waals surface area contributed by atoms with Crippen LogP contribution < -0.4 is 15.1 Å². The van der Waals surface area contributed by atoms with E-state index in [1.165, 1.54) is 25.3 Å². The Balaban J connectivity index is 1.97. The van der Waals surface area contributed by atoms with E-state index in [1.54, 1.807) is 24.3 Å². The molecule has 2 aromatic carbocycles. The zero-order valence-corrected chi connectivity index (χ0v) is 14.6. The Labute approximate surface area is 152 Å². The molecule has 0 aliphatic rings. The Hall–Kier alpha value is -2.50. The third-order valence-corrected chi connectivity index (χ3v) is 3.99. The lowest BCUT2D eigenvalue weighted by Crippen LogP contribution is -2.18. The summed E-state index contributed by atoms with van der Waals surface area (Å²) in [7, 11) is 1.46. The summed E-state index contributed by atoms with van der Waals surface area (Å²) in [5, 5.41) is 0.910. The molecule has 0 N–H and O–H groups in total. The summed E-state index contributed by atoms with van der Waals surface area (Å²) in [6.07, 6.45) is 0. The lowest BCUT2D eigenvalue weighted by atomic mass is 10.1. The first-order chi connectivity index (χ1) is 12.0. The highest BCUT2D eigenvalue weighted by molar-refractivity contribution is 6.30. The number of hydrogen-bond acceptors (Lipinski definition) is 5. The molecule has 0 radical (unpaired) electrons. The summed E-state index contributed by atoms with van der Waals surface area (Å²) in [6, 6.07) is 11.0. The first kappa shape index (κ1) is 17.3. The van der Waals surface area contributed by atoms with Crippen molar-refractivity contribution < 1.29 is 18.7 Å². The van der Waals surface area contributed by atoms with Crippen molar-refractivity contribution in [1.82, 2.24) is 0 Å². The van der Waals surface area contributed by atoms with E-state index in [9.17, 15) is 9.59 Å². The van der Waals surface area contributed by atoms with E-state index in [-0.39, 0.29) is 11.3 Å².